The lowest BCUT2D eigenvalue weighted by Crippen LogP contribution is -2.43. The van der Waals surface area contributed by atoms with E-state index in [0.717, 1.165) is 29.3 Å². The lowest BCUT2D eigenvalue weighted by Gasteiger charge is -2.27. The first kappa shape index (κ1) is 22.3. The Kier molecular flexibility index (Phi) is 8.98. The molecule has 0 bridgehead atoms. The fraction of sp³-hybridized carbons (Fsp3) is 0.400. The van der Waals surface area contributed by atoms with Crippen molar-refractivity contribution in [2.24, 2.45) is 4.99 Å². The topological polar surface area (TPSA) is 49.3 Å². The van der Waals surface area contributed by atoms with Crippen molar-refractivity contribution in [3.05, 3.63) is 65.2 Å². The molecule has 0 saturated carbocycles. The van der Waals surface area contributed by atoms with E-state index in [1.54, 1.807) is 18.3 Å². The normalized spacial score (nSPS) is 11.7. The molecule has 0 fully saturated rings. The number of aryl methyl sites for hydroxylation is 1. The Balaban J connectivity index is 0.00000338. The Morgan fingerprint density at radius 2 is 1.96 bits per heavy atom. The largest absolute Gasteiger partial charge is 0.357 e. The highest BCUT2D eigenvalue weighted by atomic mass is 127. The first-order valence-electron chi connectivity index (χ1n) is 8.61. The maximum atomic E-state index is 13.5. The highest BCUT2D eigenvalue weighted by molar-refractivity contribution is 14.0. The van der Waals surface area contributed by atoms with Gasteiger partial charge in [-0.3, -0.25) is 4.98 Å². The molecular formula is C20H28FIN4. The van der Waals surface area contributed by atoms with Crippen LogP contribution >= 0.6 is 24.0 Å². The number of pyridine rings is 1. The predicted octanol–water partition coefficient (Wildman–Crippen LogP) is 4.18. The van der Waals surface area contributed by atoms with Crippen LogP contribution in [0.15, 0.2) is 47.6 Å². The molecule has 6 heteroatoms. The van der Waals surface area contributed by atoms with Crippen LogP contribution in [-0.4, -0.2) is 24.0 Å². The van der Waals surface area contributed by atoms with Gasteiger partial charge in [0.15, 0.2) is 5.96 Å². The standard InChI is InChI=1S/C20H27FN4.HI/c1-5-22-19(24-13-18-15(2)8-7-11-23-18)25-14-20(3,4)16-9-6-10-17(21)12-16;/h6-12H,5,13-14H2,1-4H3,(H2,22,24,25);1H. The lowest BCUT2D eigenvalue weighted by molar-refractivity contribution is 0.503. The van der Waals surface area contributed by atoms with Crippen molar-refractivity contribution in [2.45, 2.75) is 39.7 Å². The maximum Gasteiger partial charge on any atom is 0.191 e. The van der Waals surface area contributed by atoms with E-state index in [0.29, 0.717) is 13.1 Å². The van der Waals surface area contributed by atoms with Crippen LogP contribution < -0.4 is 10.6 Å². The molecule has 0 unspecified atom stereocenters. The van der Waals surface area contributed by atoms with Gasteiger partial charge < -0.3 is 10.6 Å². The molecule has 0 spiro atoms. The zero-order chi connectivity index (χ0) is 18.3. The van der Waals surface area contributed by atoms with E-state index in [9.17, 15) is 4.39 Å². The third-order valence-corrected chi connectivity index (χ3v) is 4.15. The minimum Gasteiger partial charge on any atom is -0.357 e. The number of aromatic nitrogens is 1. The highest BCUT2D eigenvalue weighted by Crippen LogP contribution is 2.22. The fourth-order valence-corrected chi connectivity index (χ4v) is 2.50. The molecule has 2 aromatic rings. The van der Waals surface area contributed by atoms with Gasteiger partial charge in [-0.25, -0.2) is 9.38 Å². The van der Waals surface area contributed by atoms with Crippen molar-refractivity contribution < 1.29 is 4.39 Å². The summed E-state index contributed by atoms with van der Waals surface area (Å²) >= 11 is 0. The Bertz CT molecular complexity index is 731. The number of halogens is 2. The van der Waals surface area contributed by atoms with E-state index in [-0.39, 0.29) is 35.2 Å². The molecule has 0 atom stereocenters. The van der Waals surface area contributed by atoms with E-state index in [1.165, 1.54) is 6.07 Å². The molecule has 1 heterocycles. The van der Waals surface area contributed by atoms with Crippen LogP contribution in [0.25, 0.3) is 0 Å². The molecule has 0 aliphatic carbocycles. The third-order valence-electron chi connectivity index (χ3n) is 4.15. The summed E-state index contributed by atoms with van der Waals surface area (Å²) < 4.78 is 13.5. The average Bonchev–Trinajstić information content (AvgIpc) is 2.58. The summed E-state index contributed by atoms with van der Waals surface area (Å²) in [5, 5.41) is 6.60. The Hall–Kier alpha value is -1.70. The molecule has 0 aliphatic heterocycles. The molecular weight excluding hydrogens is 442 g/mol. The molecule has 0 aliphatic rings. The minimum atomic E-state index is -0.223. The number of hydrogen-bond acceptors (Lipinski definition) is 2. The lowest BCUT2D eigenvalue weighted by atomic mass is 9.84. The fourth-order valence-electron chi connectivity index (χ4n) is 2.50. The second-order valence-corrected chi connectivity index (χ2v) is 6.71. The first-order valence-corrected chi connectivity index (χ1v) is 8.61. The molecule has 2 N–H and O–H groups in total. The summed E-state index contributed by atoms with van der Waals surface area (Å²) in [6, 6.07) is 10.7. The number of benzene rings is 1. The molecule has 1 aromatic heterocycles. The zero-order valence-corrected chi connectivity index (χ0v) is 18.2. The van der Waals surface area contributed by atoms with Crippen molar-refractivity contribution in [3.63, 3.8) is 0 Å². The number of nitrogens with zero attached hydrogens (tertiary/aromatic N) is 2. The molecule has 0 amide bonds. The molecule has 4 nitrogen and oxygen atoms in total. The van der Waals surface area contributed by atoms with Crippen LogP contribution in [0.5, 0.6) is 0 Å². The number of nitrogens with one attached hydrogen (secondary N) is 2. The van der Waals surface area contributed by atoms with Gasteiger partial charge in [0.2, 0.25) is 0 Å². The van der Waals surface area contributed by atoms with Crippen molar-refractivity contribution in [1.29, 1.82) is 0 Å². The summed E-state index contributed by atoms with van der Waals surface area (Å²) in [5.74, 6) is 0.522. The monoisotopic (exact) mass is 470 g/mol. The van der Waals surface area contributed by atoms with E-state index >= 15 is 0 Å². The number of hydrogen-bond donors (Lipinski definition) is 2. The molecule has 26 heavy (non-hydrogen) atoms. The summed E-state index contributed by atoms with van der Waals surface area (Å²) in [5.41, 5.74) is 2.82. The highest BCUT2D eigenvalue weighted by Gasteiger charge is 2.21. The quantitative estimate of drug-likeness (QED) is 0.379. The molecule has 2 rings (SSSR count). The van der Waals surface area contributed by atoms with Gasteiger partial charge in [0.05, 0.1) is 12.2 Å². The van der Waals surface area contributed by atoms with E-state index in [1.807, 2.05) is 32.0 Å². The van der Waals surface area contributed by atoms with Gasteiger partial charge in [0.1, 0.15) is 5.82 Å². The van der Waals surface area contributed by atoms with Gasteiger partial charge in [-0.15, -0.1) is 24.0 Å². The Morgan fingerprint density at radius 3 is 2.62 bits per heavy atom. The van der Waals surface area contributed by atoms with Crippen LogP contribution in [0.4, 0.5) is 4.39 Å². The molecule has 0 radical (unpaired) electrons. The Labute approximate surface area is 172 Å². The summed E-state index contributed by atoms with van der Waals surface area (Å²) in [4.78, 5) is 8.99. The van der Waals surface area contributed by atoms with Crippen molar-refractivity contribution in [2.75, 3.05) is 13.1 Å². The molecule has 1 aromatic carbocycles. The van der Waals surface area contributed by atoms with Crippen LogP contribution in [-0.2, 0) is 12.0 Å². The second kappa shape index (κ2) is 10.4. The predicted molar refractivity (Wildman–Crippen MR) is 117 cm³/mol. The van der Waals surface area contributed by atoms with Crippen molar-refractivity contribution in [1.82, 2.24) is 15.6 Å². The van der Waals surface area contributed by atoms with Crippen LogP contribution in [0.2, 0.25) is 0 Å². The summed E-state index contributed by atoms with van der Waals surface area (Å²) in [7, 11) is 0. The summed E-state index contributed by atoms with van der Waals surface area (Å²) in [6.07, 6.45) is 1.78. The van der Waals surface area contributed by atoms with E-state index < -0.39 is 0 Å². The average molecular weight is 470 g/mol. The van der Waals surface area contributed by atoms with Gasteiger partial charge in [-0.1, -0.05) is 32.0 Å². The smallest absolute Gasteiger partial charge is 0.191 e. The third kappa shape index (κ3) is 6.55. The Morgan fingerprint density at radius 1 is 1.19 bits per heavy atom. The van der Waals surface area contributed by atoms with Crippen molar-refractivity contribution >= 4 is 29.9 Å². The van der Waals surface area contributed by atoms with Crippen LogP contribution in [0, 0.1) is 12.7 Å². The van der Waals surface area contributed by atoms with Gasteiger partial charge >= 0.3 is 0 Å². The molecule has 142 valence electrons. The van der Waals surface area contributed by atoms with Gasteiger partial charge in [-0.05, 0) is 43.2 Å². The van der Waals surface area contributed by atoms with Crippen molar-refractivity contribution in [3.8, 4) is 0 Å². The molecule has 0 saturated heterocycles. The van der Waals surface area contributed by atoms with Gasteiger partial charge in [0, 0.05) is 24.7 Å². The van der Waals surface area contributed by atoms with E-state index in [2.05, 4.69) is 34.5 Å². The minimum absolute atomic E-state index is 0. The van der Waals surface area contributed by atoms with E-state index in [4.69, 9.17) is 0 Å². The van der Waals surface area contributed by atoms with Gasteiger partial charge in [-0.2, -0.15) is 0 Å². The van der Waals surface area contributed by atoms with Gasteiger partial charge in [0.25, 0.3) is 0 Å². The van der Waals surface area contributed by atoms with Crippen LogP contribution in [0.1, 0.15) is 37.6 Å². The zero-order valence-electron chi connectivity index (χ0n) is 15.8. The number of rotatable bonds is 6. The SMILES string of the molecule is CCNC(=NCc1ncccc1C)NCC(C)(C)c1cccc(F)c1.I. The maximum absolute atomic E-state index is 13.5. The summed E-state index contributed by atoms with van der Waals surface area (Å²) in [6.45, 7) is 10.2. The van der Waals surface area contributed by atoms with Crippen LogP contribution in [0.3, 0.4) is 0 Å². The first-order chi connectivity index (χ1) is 11.9. The second-order valence-electron chi connectivity index (χ2n) is 6.71. The number of guanidine groups is 1. The number of aliphatic imine (C=N–C) groups is 1.